The predicted octanol–water partition coefficient (Wildman–Crippen LogP) is 8.49. The molecule has 0 spiro atoms. The fourth-order valence-electron chi connectivity index (χ4n) is 12.1. The number of carbonyl (C=O) groups is 4. The summed E-state index contributed by atoms with van der Waals surface area (Å²) in [6.45, 7) is 12.0. The van der Waals surface area contributed by atoms with Gasteiger partial charge in [0.1, 0.15) is 29.3 Å². The Labute approximate surface area is 537 Å². The smallest absolute Gasteiger partial charge is 0.269 e. The number of fused-ring (bicyclic) bond motifs is 6. The van der Waals surface area contributed by atoms with Crippen LogP contribution in [0.1, 0.15) is 146 Å². The average Bonchev–Trinajstić information content (AvgIpc) is 1.57. The number of allylic oxidation sites excluding steroid dienone is 4. The van der Waals surface area contributed by atoms with Crippen molar-refractivity contribution in [2.45, 2.75) is 104 Å². The highest BCUT2D eigenvalue weighted by Gasteiger charge is 2.49. The van der Waals surface area contributed by atoms with Crippen LogP contribution in [0.5, 0.6) is 0 Å². The van der Waals surface area contributed by atoms with Gasteiger partial charge in [-0.15, -0.1) is 22.7 Å². The van der Waals surface area contributed by atoms with Crippen molar-refractivity contribution in [3.63, 3.8) is 0 Å². The SMILES string of the molecule is CCCCCN1/C(=C/C=C/C2=[N+](CCCS(=O)(=O)O)c3c(cc(-c4cc(C(=O)NCC)nc(C(=O)NCC)c4)c4sccc34)C2(C)CCC)C(C)(CCCS(=O)(=O)O)c2cc(-c3cc(C(=O)NCCS(=O)(=O)O)nc(C(=O)NCCS(=O)(=O)O)c3)c3sccc3c21. The summed E-state index contributed by atoms with van der Waals surface area (Å²) in [5.41, 5.74) is 4.37. The van der Waals surface area contributed by atoms with Gasteiger partial charge in [-0.3, -0.25) is 37.4 Å². The highest BCUT2D eigenvalue weighted by Crippen LogP contribution is 2.57. The van der Waals surface area contributed by atoms with Crippen molar-refractivity contribution in [2.75, 3.05) is 67.2 Å². The van der Waals surface area contributed by atoms with Crippen LogP contribution < -0.4 is 26.2 Å². The first-order valence-electron chi connectivity index (χ1n) is 29.7. The van der Waals surface area contributed by atoms with Crippen molar-refractivity contribution in [1.82, 2.24) is 31.2 Å². The molecule has 30 heteroatoms. The first-order valence-corrected chi connectivity index (χ1v) is 37.9. The standard InChI is InChI=1S/C61H74N8O16S6/c1-7-11-12-24-68-51(17-13-16-50-60(5,20-8-2)44-36-42(38-32-46(56(70)62-9-3)66-47(33-38)57(71)63-10-4)54-40(18-26-86-54)52(44)69(50)25-15-29-89(77,78)79)61(6,21-14-28-88(74,75)76)45-37-43(55-41(53(45)68)19-27-87-55)39-34-48(58(72)64-22-30-90(80,81)82)67-49(35-39)59(73)65-23-31-91(83,84)85/h13,16-19,26-27,32-37H,7-12,14-15,20-25,28-31H2,1-6H3,(H7-,62,63,64,65,70,71,72,73,74,75,76,77,78,79,80,81,82,83,84,85)/p+1. The summed E-state index contributed by atoms with van der Waals surface area (Å²) in [6.07, 6.45) is 9.75. The number of rotatable bonds is 30. The molecule has 8 N–H and O–H groups in total. The maximum Gasteiger partial charge on any atom is 0.269 e. The Kier molecular flexibility index (Phi) is 22.0. The monoisotopic (exact) mass is 1370 g/mol. The number of carbonyl (C=O) groups excluding carboxylic acids is 4. The molecule has 4 amide bonds. The predicted molar refractivity (Wildman–Crippen MR) is 354 cm³/mol. The van der Waals surface area contributed by atoms with E-state index in [4.69, 9.17) is 0 Å². The van der Waals surface area contributed by atoms with Crippen LogP contribution >= 0.6 is 22.7 Å². The highest BCUT2D eigenvalue weighted by atomic mass is 32.2. The summed E-state index contributed by atoms with van der Waals surface area (Å²) >= 11 is 2.81. The van der Waals surface area contributed by atoms with Gasteiger partial charge < -0.3 is 26.2 Å². The van der Waals surface area contributed by atoms with E-state index >= 15 is 0 Å². The van der Waals surface area contributed by atoms with Crippen LogP contribution in [-0.4, -0.2) is 158 Å². The van der Waals surface area contributed by atoms with Crippen molar-refractivity contribution < 1.29 is 75.6 Å². The maximum absolute atomic E-state index is 13.8. The summed E-state index contributed by atoms with van der Waals surface area (Å²) in [5.74, 6) is -5.54. The molecule has 2 aromatic carbocycles. The first kappa shape index (κ1) is 70.0. The van der Waals surface area contributed by atoms with E-state index in [-0.39, 0.29) is 54.1 Å². The minimum absolute atomic E-state index is 0.0125. The van der Waals surface area contributed by atoms with Crippen molar-refractivity contribution in [3.05, 3.63) is 117 Å². The molecule has 8 rings (SSSR count). The summed E-state index contributed by atoms with van der Waals surface area (Å²) in [5, 5.41) is 15.8. The molecule has 2 aliphatic heterocycles. The lowest BCUT2D eigenvalue weighted by atomic mass is 9.74. The Balaban J connectivity index is 1.35. The average molecular weight is 1370 g/mol. The molecule has 490 valence electrons. The number of pyridine rings is 2. The lowest BCUT2D eigenvalue weighted by Crippen LogP contribution is -2.32. The van der Waals surface area contributed by atoms with E-state index in [1.165, 1.54) is 34.8 Å². The van der Waals surface area contributed by atoms with Gasteiger partial charge in [0.15, 0.2) is 5.71 Å². The topological polar surface area (TPSA) is 366 Å². The Hall–Kier alpha value is -6.87. The molecule has 0 saturated heterocycles. The third kappa shape index (κ3) is 16.3. The third-order valence-electron chi connectivity index (χ3n) is 16.1. The Morgan fingerprint density at radius 3 is 1.53 bits per heavy atom. The Morgan fingerprint density at radius 2 is 1.04 bits per heavy atom. The van der Waals surface area contributed by atoms with Gasteiger partial charge in [0.05, 0.1) is 39.5 Å². The van der Waals surface area contributed by atoms with Gasteiger partial charge in [-0.1, -0.05) is 39.2 Å². The van der Waals surface area contributed by atoms with Gasteiger partial charge in [-0.05, 0) is 135 Å². The lowest BCUT2D eigenvalue weighted by Gasteiger charge is -2.30. The zero-order chi connectivity index (χ0) is 66.4. The largest absolute Gasteiger partial charge is 0.351 e. The molecule has 2 unspecified atom stereocenters. The second-order valence-electron chi connectivity index (χ2n) is 22.8. The molecule has 6 aromatic rings. The summed E-state index contributed by atoms with van der Waals surface area (Å²) in [6, 6.07) is 14.0. The lowest BCUT2D eigenvalue weighted by molar-refractivity contribution is -0.435. The van der Waals surface area contributed by atoms with Gasteiger partial charge in [0.2, 0.25) is 5.69 Å². The second-order valence-corrected chi connectivity index (χ2v) is 30.9. The zero-order valence-corrected chi connectivity index (χ0v) is 56.1. The molecule has 2 aliphatic rings. The minimum atomic E-state index is -4.51. The van der Waals surface area contributed by atoms with Crippen LogP contribution in [0.15, 0.2) is 83.2 Å². The minimum Gasteiger partial charge on any atom is -0.351 e. The van der Waals surface area contributed by atoms with Crippen LogP contribution in [0.2, 0.25) is 0 Å². The van der Waals surface area contributed by atoms with Crippen molar-refractivity contribution in [2.24, 2.45) is 0 Å². The molecule has 2 atom stereocenters. The van der Waals surface area contributed by atoms with Gasteiger partial charge >= 0.3 is 0 Å². The number of thiophene rings is 2. The van der Waals surface area contributed by atoms with E-state index in [1.54, 1.807) is 26.0 Å². The molecular formula is C61H75N8O16S6+. The van der Waals surface area contributed by atoms with E-state index in [0.717, 1.165) is 68.6 Å². The van der Waals surface area contributed by atoms with Crippen LogP contribution in [0.4, 0.5) is 11.4 Å². The van der Waals surface area contributed by atoms with Crippen molar-refractivity contribution in [1.29, 1.82) is 0 Å². The molecular weight excluding hydrogens is 1290 g/mol. The van der Waals surface area contributed by atoms with E-state index in [9.17, 15) is 71.1 Å². The van der Waals surface area contributed by atoms with E-state index in [0.29, 0.717) is 53.9 Å². The number of aromatic nitrogens is 2. The number of nitrogens with zero attached hydrogens (tertiary/aromatic N) is 4. The van der Waals surface area contributed by atoms with Crippen LogP contribution in [0.25, 0.3) is 42.4 Å². The Bertz CT molecular complexity index is 4300. The fraction of sp³-hybridized carbons (Fsp3) is 0.426. The Morgan fingerprint density at radius 1 is 0.571 bits per heavy atom. The second kappa shape index (κ2) is 28.6. The molecule has 6 heterocycles. The van der Waals surface area contributed by atoms with Crippen molar-refractivity contribution >= 4 is 124 Å². The van der Waals surface area contributed by atoms with Gasteiger partial charge in [-0.25, -0.2) is 9.97 Å². The molecule has 0 aliphatic carbocycles. The maximum atomic E-state index is 13.8. The molecule has 91 heavy (non-hydrogen) atoms. The van der Waals surface area contributed by atoms with Crippen LogP contribution in [-0.2, 0) is 51.3 Å². The van der Waals surface area contributed by atoms with Crippen molar-refractivity contribution in [3.8, 4) is 22.3 Å². The highest BCUT2D eigenvalue weighted by molar-refractivity contribution is 7.86. The zero-order valence-electron chi connectivity index (χ0n) is 51.2. The number of hydrogen-bond donors (Lipinski definition) is 8. The van der Waals surface area contributed by atoms with Gasteiger partial charge in [0.25, 0.3) is 64.1 Å². The normalized spacial score (nSPS) is 17.3. The van der Waals surface area contributed by atoms with E-state index in [2.05, 4.69) is 67.5 Å². The molecule has 0 fully saturated rings. The molecule has 0 saturated carbocycles. The van der Waals surface area contributed by atoms with E-state index in [1.807, 2.05) is 54.1 Å². The number of anilines is 1. The van der Waals surface area contributed by atoms with E-state index < -0.39 is 111 Å². The molecule has 4 aromatic heterocycles. The number of benzene rings is 2. The first-order chi connectivity index (χ1) is 42.8. The fourth-order valence-corrected chi connectivity index (χ4v) is 15.7. The third-order valence-corrected chi connectivity index (χ3v) is 21.1. The number of hydrogen-bond acceptors (Lipinski definition) is 17. The number of amides is 4. The van der Waals surface area contributed by atoms with Crippen LogP contribution in [0, 0.1) is 0 Å². The molecule has 24 nitrogen and oxygen atoms in total. The molecule has 0 radical (unpaired) electrons. The number of nitrogens with one attached hydrogen (secondary N) is 4. The summed E-state index contributed by atoms with van der Waals surface area (Å²) in [4.78, 5) is 65.4. The summed E-state index contributed by atoms with van der Waals surface area (Å²) in [7, 11) is -17.9. The quantitative estimate of drug-likeness (QED) is 0.0119. The van der Waals surface area contributed by atoms with Gasteiger partial charge in [0, 0.05) is 87.8 Å². The molecule has 0 bridgehead atoms. The van der Waals surface area contributed by atoms with Crippen LogP contribution in [0.3, 0.4) is 0 Å². The summed E-state index contributed by atoms with van der Waals surface area (Å²) < 4.78 is 139. The van der Waals surface area contributed by atoms with Gasteiger partial charge in [-0.2, -0.15) is 38.2 Å². The number of unbranched alkanes of at least 4 members (excludes halogenated alkanes) is 2.